The monoisotopic (exact) mass is 309 g/mol. The van der Waals surface area contributed by atoms with Crippen molar-refractivity contribution < 1.29 is 27.9 Å². The van der Waals surface area contributed by atoms with Gasteiger partial charge in [0.25, 0.3) is 0 Å². The summed E-state index contributed by atoms with van der Waals surface area (Å²) in [5.41, 5.74) is 0. The van der Waals surface area contributed by atoms with Gasteiger partial charge in [0.15, 0.2) is 0 Å². The van der Waals surface area contributed by atoms with Crippen molar-refractivity contribution in [1.82, 2.24) is 4.90 Å². The van der Waals surface area contributed by atoms with Crippen molar-refractivity contribution >= 4 is 11.9 Å². The number of nitrogens with zero attached hydrogens (tertiary/aromatic N) is 1. The highest BCUT2D eigenvalue weighted by Gasteiger charge is 2.53. The van der Waals surface area contributed by atoms with Gasteiger partial charge in [0.2, 0.25) is 5.91 Å². The summed E-state index contributed by atoms with van der Waals surface area (Å²) in [7, 11) is 0. The molecule has 0 aromatic carbocycles. The number of aliphatic carboxylic acids is 1. The van der Waals surface area contributed by atoms with E-state index in [1.807, 2.05) is 20.8 Å². The number of alkyl halides is 3. The first-order chi connectivity index (χ1) is 9.57. The number of carbonyl (C=O) groups is 2. The number of hydrogen-bond acceptors (Lipinski definition) is 2. The van der Waals surface area contributed by atoms with Crippen LogP contribution in [0.2, 0.25) is 0 Å². The van der Waals surface area contributed by atoms with Crippen LogP contribution in [0.15, 0.2) is 0 Å². The summed E-state index contributed by atoms with van der Waals surface area (Å²) in [6, 6.07) is 0. The molecule has 3 atom stereocenters. The van der Waals surface area contributed by atoms with Gasteiger partial charge in [-0.2, -0.15) is 13.2 Å². The molecule has 1 unspecified atom stereocenters. The Hall–Kier alpha value is -1.27. The van der Waals surface area contributed by atoms with E-state index in [9.17, 15) is 22.8 Å². The Bertz CT molecular complexity index is 395. The highest BCUT2D eigenvalue weighted by Crippen LogP contribution is 2.38. The number of hydrogen-bond donors (Lipinski definition) is 1. The van der Waals surface area contributed by atoms with Crippen LogP contribution in [0.1, 0.15) is 33.6 Å². The molecule has 0 aromatic heterocycles. The average Bonchev–Trinajstić information content (AvgIpc) is 2.80. The van der Waals surface area contributed by atoms with Gasteiger partial charge in [-0.15, -0.1) is 0 Å². The predicted octanol–water partition coefficient (Wildman–Crippen LogP) is 2.78. The maximum atomic E-state index is 12.9. The van der Waals surface area contributed by atoms with E-state index >= 15 is 0 Å². The van der Waals surface area contributed by atoms with Crippen LogP contribution in [0.5, 0.6) is 0 Å². The van der Waals surface area contributed by atoms with Crippen LogP contribution < -0.4 is 0 Å². The second kappa shape index (κ2) is 6.66. The van der Waals surface area contributed by atoms with Crippen LogP contribution in [0.4, 0.5) is 13.2 Å². The maximum Gasteiger partial charge on any atom is 0.394 e. The van der Waals surface area contributed by atoms with Crippen molar-refractivity contribution in [2.24, 2.45) is 23.7 Å². The molecule has 122 valence electrons. The maximum absolute atomic E-state index is 12.9. The van der Waals surface area contributed by atoms with E-state index in [0.717, 1.165) is 11.3 Å². The molecule has 1 fully saturated rings. The van der Waals surface area contributed by atoms with Crippen LogP contribution in [0, 0.1) is 23.7 Å². The lowest BCUT2D eigenvalue weighted by Crippen LogP contribution is -2.34. The van der Waals surface area contributed by atoms with E-state index in [1.54, 1.807) is 0 Å². The van der Waals surface area contributed by atoms with Crippen molar-refractivity contribution in [2.45, 2.75) is 39.8 Å². The van der Waals surface area contributed by atoms with Crippen LogP contribution in [0.25, 0.3) is 0 Å². The molecular formula is C14H22F3NO3. The number of carbonyl (C=O) groups excluding carboxylic acids is 1. The molecule has 4 nitrogen and oxygen atoms in total. The van der Waals surface area contributed by atoms with Gasteiger partial charge in [0, 0.05) is 19.5 Å². The van der Waals surface area contributed by atoms with E-state index in [1.165, 1.54) is 0 Å². The van der Waals surface area contributed by atoms with Gasteiger partial charge in [0.1, 0.15) is 0 Å². The average molecular weight is 309 g/mol. The minimum Gasteiger partial charge on any atom is -0.481 e. The van der Waals surface area contributed by atoms with Crippen molar-refractivity contribution in [3.05, 3.63) is 0 Å². The zero-order chi connectivity index (χ0) is 16.4. The quantitative estimate of drug-likeness (QED) is 0.849. The Balaban J connectivity index is 2.78. The Morgan fingerprint density at radius 3 is 2.19 bits per heavy atom. The predicted molar refractivity (Wildman–Crippen MR) is 70.5 cm³/mol. The third-order valence-electron chi connectivity index (χ3n) is 4.31. The molecule has 1 N–H and O–H groups in total. The first-order valence-electron chi connectivity index (χ1n) is 7.15. The molecule has 1 aliphatic heterocycles. The zero-order valence-corrected chi connectivity index (χ0v) is 12.5. The molecule has 0 spiro atoms. The number of amides is 1. The molecule has 1 saturated heterocycles. The molecule has 1 amide bonds. The summed E-state index contributed by atoms with van der Waals surface area (Å²) in [6.45, 7) is 4.95. The largest absolute Gasteiger partial charge is 0.481 e. The number of rotatable bonds is 5. The molecule has 0 aromatic rings. The Morgan fingerprint density at radius 2 is 1.86 bits per heavy atom. The molecule has 1 heterocycles. The Kier molecular flexibility index (Phi) is 5.64. The van der Waals surface area contributed by atoms with Crippen molar-refractivity contribution in [1.29, 1.82) is 0 Å². The van der Waals surface area contributed by atoms with Crippen molar-refractivity contribution in [2.75, 3.05) is 13.1 Å². The van der Waals surface area contributed by atoms with E-state index in [4.69, 9.17) is 5.11 Å². The van der Waals surface area contributed by atoms with Crippen molar-refractivity contribution in [3.63, 3.8) is 0 Å². The standard InChI is InChI=1S/C14H22F3NO3/c1-4-9(8(2)3)5-12(19)18-6-10(13(20)21)11(7-18)14(15,16)17/h8-11H,4-7H2,1-3H3,(H,20,21)/t9?,10-,11-/m1/s1. The summed E-state index contributed by atoms with van der Waals surface area (Å²) in [5, 5.41) is 8.92. The fourth-order valence-corrected chi connectivity index (χ4v) is 2.79. The molecule has 1 rings (SSSR count). The minimum atomic E-state index is -4.60. The third kappa shape index (κ3) is 4.35. The van der Waals surface area contributed by atoms with Gasteiger partial charge in [-0.05, 0) is 11.8 Å². The molecule has 7 heteroatoms. The Labute approximate surface area is 122 Å². The summed E-state index contributed by atoms with van der Waals surface area (Å²) in [4.78, 5) is 24.2. The Morgan fingerprint density at radius 1 is 1.29 bits per heavy atom. The van der Waals surface area contributed by atoms with Gasteiger partial charge < -0.3 is 10.0 Å². The summed E-state index contributed by atoms with van der Waals surface area (Å²) in [6.07, 6.45) is -3.66. The normalized spacial score (nSPS) is 24.4. The van der Waals surface area contributed by atoms with Gasteiger partial charge in [0.05, 0.1) is 11.8 Å². The number of likely N-dealkylation sites (tertiary alicyclic amines) is 1. The molecule has 21 heavy (non-hydrogen) atoms. The smallest absolute Gasteiger partial charge is 0.394 e. The lowest BCUT2D eigenvalue weighted by Gasteiger charge is -2.23. The summed E-state index contributed by atoms with van der Waals surface area (Å²) >= 11 is 0. The third-order valence-corrected chi connectivity index (χ3v) is 4.31. The first-order valence-corrected chi connectivity index (χ1v) is 7.15. The van der Waals surface area contributed by atoms with Crippen LogP contribution in [0.3, 0.4) is 0 Å². The van der Waals surface area contributed by atoms with E-state index in [0.29, 0.717) is 0 Å². The van der Waals surface area contributed by atoms with Crippen molar-refractivity contribution in [3.8, 4) is 0 Å². The fraction of sp³-hybridized carbons (Fsp3) is 0.857. The topological polar surface area (TPSA) is 57.6 Å². The van der Waals surface area contributed by atoms with Crippen LogP contribution >= 0.6 is 0 Å². The molecule has 0 saturated carbocycles. The summed E-state index contributed by atoms with van der Waals surface area (Å²) in [5.74, 6) is -5.05. The van der Waals surface area contributed by atoms with E-state index < -0.39 is 30.5 Å². The molecule has 0 radical (unpaired) electrons. The SMILES string of the molecule is CCC(CC(=O)N1C[C@@H](C(F)(F)F)[C@H](C(=O)O)C1)C(C)C. The second-order valence-electron chi connectivity index (χ2n) is 6.01. The first kappa shape index (κ1) is 17.8. The van der Waals surface area contributed by atoms with Crippen LogP contribution in [-0.4, -0.2) is 41.1 Å². The zero-order valence-electron chi connectivity index (χ0n) is 12.5. The summed E-state index contributed by atoms with van der Waals surface area (Å²) < 4.78 is 38.6. The van der Waals surface area contributed by atoms with E-state index in [2.05, 4.69) is 0 Å². The van der Waals surface area contributed by atoms with Gasteiger partial charge >= 0.3 is 12.1 Å². The van der Waals surface area contributed by atoms with E-state index in [-0.39, 0.29) is 30.7 Å². The van der Waals surface area contributed by atoms with Gasteiger partial charge in [-0.1, -0.05) is 27.2 Å². The molecule has 0 bridgehead atoms. The lowest BCUT2D eigenvalue weighted by molar-refractivity contribution is -0.188. The lowest BCUT2D eigenvalue weighted by atomic mass is 9.90. The minimum absolute atomic E-state index is 0.103. The number of halogens is 3. The van der Waals surface area contributed by atoms with Gasteiger partial charge in [-0.25, -0.2) is 0 Å². The molecular weight excluding hydrogens is 287 g/mol. The molecule has 0 aliphatic carbocycles. The highest BCUT2D eigenvalue weighted by molar-refractivity contribution is 5.79. The second-order valence-corrected chi connectivity index (χ2v) is 6.01. The number of carboxylic acids is 1. The number of carboxylic acid groups (broad SMARTS) is 1. The fourth-order valence-electron chi connectivity index (χ4n) is 2.79. The van der Waals surface area contributed by atoms with Crippen LogP contribution in [-0.2, 0) is 9.59 Å². The van der Waals surface area contributed by atoms with Gasteiger partial charge in [-0.3, -0.25) is 9.59 Å². The highest BCUT2D eigenvalue weighted by atomic mass is 19.4. The molecule has 1 aliphatic rings.